The molecule has 4 heteroatoms. The molecular weight excluding hydrogens is 206 g/mol. The lowest BCUT2D eigenvalue weighted by Crippen LogP contribution is -1.90. The topological polar surface area (TPSA) is 62.0 Å². The number of phenolic OH excluding ortho intramolecular Hbond substituents is 1. The van der Waals surface area contributed by atoms with Gasteiger partial charge in [-0.1, -0.05) is 17.3 Å². The summed E-state index contributed by atoms with van der Waals surface area (Å²) in [6.45, 7) is 0. The molecule has 0 saturated heterocycles. The monoisotopic (exact) mass is 217 g/mol. The predicted octanol–water partition coefficient (Wildman–Crippen LogP) is 2.36. The quantitative estimate of drug-likeness (QED) is 0.461. The van der Waals surface area contributed by atoms with Gasteiger partial charge >= 0.3 is 0 Å². The normalized spacial score (nSPS) is 11.1. The fourth-order valence-corrected chi connectivity index (χ4v) is 1.74. The summed E-state index contributed by atoms with van der Waals surface area (Å²) in [5.41, 5.74) is 0.636. The van der Waals surface area contributed by atoms with Crippen LogP contribution < -0.4 is 4.74 Å². The van der Waals surface area contributed by atoms with Crippen LogP contribution in [0.3, 0.4) is 0 Å². The number of nitrogens with zero attached hydrogens (tertiary/aromatic N) is 1. The fraction of sp³-hybridized carbons (Fsp3) is 0.0833. The molecule has 2 aromatic rings. The maximum absolute atomic E-state index is 9.80. The van der Waals surface area contributed by atoms with Crippen molar-refractivity contribution in [2.45, 2.75) is 0 Å². The smallest absolute Gasteiger partial charge is 0.126 e. The Hall–Kier alpha value is -2.23. The molecule has 0 bridgehead atoms. The number of oxime groups is 1. The molecular formula is C12H11NO3. The van der Waals surface area contributed by atoms with Gasteiger partial charge in [0.25, 0.3) is 0 Å². The molecule has 2 N–H and O–H groups in total. The molecule has 2 rings (SSSR count). The van der Waals surface area contributed by atoms with Gasteiger partial charge in [0.05, 0.1) is 13.3 Å². The molecule has 0 fully saturated rings. The first kappa shape index (κ1) is 10.3. The summed E-state index contributed by atoms with van der Waals surface area (Å²) in [4.78, 5) is 0. The second kappa shape index (κ2) is 4.10. The van der Waals surface area contributed by atoms with Crippen molar-refractivity contribution >= 4 is 17.0 Å². The van der Waals surface area contributed by atoms with Crippen molar-refractivity contribution in [3.63, 3.8) is 0 Å². The first-order valence-corrected chi connectivity index (χ1v) is 4.74. The van der Waals surface area contributed by atoms with E-state index in [9.17, 15) is 5.11 Å². The van der Waals surface area contributed by atoms with Crippen molar-refractivity contribution in [2.75, 3.05) is 7.11 Å². The van der Waals surface area contributed by atoms with Crippen molar-refractivity contribution in [2.24, 2.45) is 5.16 Å². The van der Waals surface area contributed by atoms with Gasteiger partial charge < -0.3 is 15.1 Å². The molecule has 0 radical (unpaired) electrons. The highest BCUT2D eigenvalue weighted by Crippen LogP contribution is 2.33. The number of phenols is 1. The summed E-state index contributed by atoms with van der Waals surface area (Å²) in [5, 5.41) is 22.7. The minimum Gasteiger partial charge on any atom is -0.507 e. The van der Waals surface area contributed by atoms with E-state index in [0.29, 0.717) is 16.7 Å². The number of benzene rings is 2. The van der Waals surface area contributed by atoms with Gasteiger partial charge in [-0.05, 0) is 18.2 Å². The van der Waals surface area contributed by atoms with Crippen molar-refractivity contribution < 1.29 is 15.1 Å². The lowest BCUT2D eigenvalue weighted by atomic mass is 10.0. The van der Waals surface area contributed by atoms with Gasteiger partial charge in [-0.15, -0.1) is 0 Å². The summed E-state index contributed by atoms with van der Waals surface area (Å²) < 4.78 is 5.20. The SMILES string of the molecule is COc1ccc(/C=N/O)c2c(O)cccc12. The lowest BCUT2D eigenvalue weighted by Gasteiger charge is -2.08. The summed E-state index contributed by atoms with van der Waals surface area (Å²) >= 11 is 0. The average Bonchev–Trinajstić information content (AvgIpc) is 2.30. The van der Waals surface area contributed by atoms with E-state index in [1.165, 1.54) is 6.21 Å². The molecule has 0 unspecified atom stereocenters. The first-order chi connectivity index (χ1) is 7.77. The molecule has 0 aliphatic carbocycles. The van der Waals surface area contributed by atoms with E-state index >= 15 is 0 Å². The predicted molar refractivity (Wildman–Crippen MR) is 61.5 cm³/mol. The molecule has 2 aromatic carbocycles. The van der Waals surface area contributed by atoms with E-state index in [1.54, 1.807) is 31.4 Å². The molecule has 0 heterocycles. The number of hydrogen-bond acceptors (Lipinski definition) is 4. The van der Waals surface area contributed by atoms with Crippen LogP contribution in [0.25, 0.3) is 10.8 Å². The molecule has 0 spiro atoms. The summed E-state index contributed by atoms with van der Waals surface area (Å²) in [6.07, 6.45) is 1.28. The third-order valence-electron chi connectivity index (χ3n) is 2.43. The minimum absolute atomic E-state index is 0.131. The van der Waals surface area contributed by atoms with Crippen molar-refractivity contribution in [3.05, 3.63) is 35.9 Å². The van der Waals surface area contributed by atoms with Gasteiger partial charge in [-0.3, -0.25) is 0 Å². The fourth-order valence-electron chi connectivity index (χ4n) is 1.74. The minimum atomic E-state index is 0.131. The molecule has 0 amide bonds. The number of methoxy groups -OCH3 is 1. The Kier molecular flexibility index (Phi) is 2.64. The van der Waals surface area contributed by atoms with Crippen molar-refractivity contribution in [1.82, 2.24) is 0 Å². The maximum Gasteiger partial charge on any atom is 0.126 e. The zero-order chi connectivity index (χ0) is 11.5. The Morgan fingerprint density at radius 2 is 2.06 bits per heavy atom. The van der Waals surface area contributed by atoms with Crippen LogP contribution in [0.2, 0.25) is 0 Å². The standard InChI is InChI=1S/C12H11NO3/c1-16-11-6-5-8(7-13-15)12-9(11)3-2-4-10(12)14/h2-7,14-15H,1H3/b13-7+. The van der Waals surface area contributed by atoms with Gasteiger partial charge in [0.2, 0.25) is 0 Å². The molecule has 4 nitrogen and oxygen atoms in total. The van der Waals surface area contributed by atoms with E-state index < -0.39 is 0 Å². The Labute approximate surface area is 92.4 Å². The molecule has 0 saturated carbocycles. The number of ether oxygens (including phenoxy) is 1. The summed E-state index contributed by atoms with van der Waals surface area (Å²) in [6, 6.07) is 8.64. The number of aromatic hydroxyl groups is 1. The van der Waals surface area contributed by atoms with Crippen molar-refractivity contribution in [3.8, 4) is 11.5 Å². The van der Waals surface area contributed by atoms with Gasteiger partial charge in [0.15, 0.2) is 0 Å². The van der Waals surface area contributed by atoms with Crippen LogP contribution in [0.1, 0.15) is 5.56 Å². The highest BCUT2D eigenvalue weighted by molar-refractivity contribution is 6.05. The maximum atomic E-state index is 9.80. The van der Waals surface area contributed by atoms with Crippen molar-refractivity contribution in [1.29, 1.82) is 0 Å². The van der Waals surface area contributed by atoms with Crippen LogP contribution in [-0.2, 0) is 0 Å². The van der Waals surface area contributed by atoms with Crippen LogP contribution in [0.4, 0.5) is 0 Å². The van der Waals surface area contributed by atoms with Gasteiger partial charge in [0, 0.05) is 16.3 Å². The molecule has 0 aromatic heterocycles. The molecule has 82 valence electrons. The Morgan fingerprint density at radius 3 is 2.75 bits per heavy atom. The average molecular weight is 217 g/mol. The Balaban J connectivity index is 2.86. The summed E-state index contributed by atoms with van der Waals surface area (Å²) in [5.74, 6) is 0.798. The second-order valence-corrected chi connectivity index (χ2v) is 3.30. The Morgan fingerprint density at radius 1 is 1.25 bits per heavy atom. The number of fused-ring (bicyclic) bond motifs is 1. The number of rotatable bonds is 2. The van der Waals surface area contributed by atoms with E-state index in [1.807, 2.05) is 6.07 Å². The van der Waals surface area contributed by atoms with Crippen LogP contribution >= 0.6 is 0 Å². The molecule has 16 heavy (non-hydrogen) atoms. The van der Waals surface area contributed by atoms with E-state index in [-0.39, 0.29) is 5.75 Å². The van der Waals surface area contributed by atoms with Crippen LogP contribution in [-0.4, -0.2) is 23.6 Å². The Bertz CT molecular complexity index is 549. The highest BCUT2D eigenvalue weighted by atomic mass is 16.5. The summed E-state index contributed by atoms with van der Waals surface area (Å²) in [7, 11) is 1.57. The highest BCUT2D eigenvalue weighted by Gasteiger charge is 2.08. The molecule has 0 aliphatic heterocycles. The third kappa shape index (κ3) is 1.54. The zero-order valence-corrected chi connectivity index (χ0v) is 8.71. The van der Waals surface area contributed by atoms with E-state index in [4.69, 9.17) is 9.94 Å². The van der Waals surface area contributed by atoms with Gasteiger partial charge in [0.1, 0.15) is 11.5 Å². The first-order valence-electron chi connectivity index (χ1n) is 4.74. The van der Waals surface area contributed by atoms with Gasteiger partial charge in [-0.2, -0.15) is 0 Å². The number of hydrogen-bond donors (Lipinski definition) is 2. The second-order valence-electron chi connectivity index (χ2n) is 3.30. The van der Waals surface area contributed by atoms with Gasteiger partial charge in [-0.25, -0.2) is 0 Å². The van der Waals surface area contributed by atoms with E-state index in [2.05, 4.69) is 5.16 Å². The molecule has 0 aliphatic rings. The molecule has 0 atom stereocenters. The largest absolute Gasteiger partial charge is 0.507 e. The van der Waals surface area contributed by atoms with Crippen LogP contribution in [0.5, 0.6) is 11.5 Å². The lowest BCUT2D eigenvalue weighted by molar-refractivity contribution is 0.322. The van der Waals surface area contributed by atoms with Crippen LogP contribution in [0, 0.1) is 0 Å². The van der Waals surface area contributed by atoms with Crippen LogP contribution in [0.15, 0.2) is 35.5 Å². The third-order valence-corrected chi connectivity index (χ3v) is 2.43. The van der Waals surface area contributed by atoms with E-state index in [0.717, 1.165) is 5.39 Å². The zero-order valence-electron chi connectivity index (χ0n) is 8.71.